The minimum Gasteiger partial charge on any atom is -0.481 e. The number of Topliss-reactive ketones (excluding diaryl/α,β-unsaturated/α-hetero) is 1. The van der Waals surface area contributed by atoms with Gasteiger partial charge in [0.1, 0.15) is 5.65 Å². The molecule has 0 unspecified atom stereocenters. The summed E-state index contributed by atoms with van der Waals surface area (Å²) >= 11 is 6.11. The van der Waals surface area contributed by atoms with Crippen LogP contribution in [0.2, 0.25) is 5.02 Å². The van der Waals surface area contributed by atoms with Gasteiger partial charge in [-0.1, -0.05) is 17.7 Å². The minimum absolute atomic E-state index is 0.00513. The first-order chi connectivity index (χ1) is 17.9. The van der Waals surface area contributed by atoms with E-state index >= 15 is 0 Å². The molecule has 0 bridgehead atoms. The number of carboxylic acids is 1. The van der Waals surface area contributed by atoms with Crippen LogP contribution >= 0.6 is 11.6 Å². The second kappa shape index (κ2) is 9.48. The largest absolute Gasteiger partial charge is 0.481 e. The predicted molar refractivity (Wildman–Crippen MR) is 137 cm³/mol. The Morgan fingerprint density at radius 2 is 1.95 bits per heavy atom. The Labute approximate surface area is 217 Å². The number of hydrogen-bond acceptors (Lipinski definition) is 5. The quantitative estimate of drug-likeness (QED) is 0.272. The van der Waals surface area contributed by atoms with Gasteiger partial charge in [0.25, 0.3) is 0 Å². The number of imidazole rings is 2. The van der Waals surface area contributed by atoms with Crippen LogP contribution in [0.5, 0.6) is 0 Å². The van der Waals surface area contributed by atoms with Crippen molar-refractivity contribution in [3.63, 3.8) is 0 Å². The summed E-state index contributed by atoms with van der Waals surface area (Å²) in [5.74, 6) is -0.273. The Bertz CT molecular complexity index is 1640. The summed E-state index contributed by atoms with van der Waals surface area (Å²) in [6.07, 6.45) is 14.6. The monoisotopic (exact) mass is 516 g/mol. The van der Waals surface area contributed by atoms with Crippen molar-refractivity contribution < 1.29 is 14.7 Å². The summed E-state index contributed by atoms with van der Waals surface area (Å²) in [5.41, 5.74) is 6.03. The van der Waals surface area contributed by atoms with Crippen molar-refractivity contribution >= 4 is 34.5 Å². The van der Waals surface area contributed by atoms with Crippen LogP contribution < -0.4 is 0 Å². The van der Waals surface area contributed by atoms with Gasteiger partial charge in [-0.25, -0.2) is 9.97 Å². The van der Waals surface area contributed by atoms with Crippen LogP contribution in [0.3, 0.4) is 0 Å². The Kier molecular flexibility index (Phi) is 6.00. The van der Waals surface area contributed by atoms with E-state index in [9.17, 15) is 9.59 Å². The lowest BCUT2D eigenvalue weighted by Gasteiger charge is -2.06. The third kappa shape index (κ3) is 4.99. The van der Waals surface area contributed by atoms with Crippen molar-refractivity contribution in [2.24, 2.45) is 0 Å². The van der Waals surface area contributed by atoms with E-state index in [1.54, 1.807) is 29.5 Å². The smallest absolute Gasteiger partial charge is 0.303 e. The molecule has 6 rings (SSSR count). The molecule has 188 valence electrons. The fourth-order valence-corrected chi connectivity index (χ4v) is 4.89. The number of halogens is 1. The van der Waals surface area contributed by atoms with Crippen molar-refractivity contribution in [3.8, 4) is 0 Å². The lowest BCUT2D eigenvalue weighted by atomic mass is 10.1. The number of rotatable bonds is 10. The van der Waals surface area contributed by atoms with Gasteiger partial charge in [-0.05, 0) is 54.9 Å². The summed E-state index contributed by atoms with van der Waals surface area (Å²) in [6, 6.07) is 5.75. The minimum atomic E-state index is -0.819. The second-order valence-corrected chi connectivity index (χ2v) is 10.0. The summed E-state index contributed by atoms with van der Waals surface area (Å²) in [6.45, 7) is 0.413. The zero-order chi connectivity index (χ0) is 25.5. The zero-order valence-electron chi connectivity index (χ0n) is 20.0. The van der Waals surface area contributed by atoms with Gasteiger partial charge in [-0.3, -0.25) is 14.3 Å². The van der Waals surface area contributed by atoms with Gasteiger partial charge in [0.05, 0.1) is 41.5 Å². The molecule has 10 heteroatoms. The molecule has 0 aromatic carbocycles. The predicted octanol–water partition coefficient (Wildman–Crippen LogP) is 4.59. The number of hydrogen-bond donors (Lipinski definition) is 1. The highest BCUT2D eigenvalue weighted by Gasteiger charge is 2.25. The van der Waals surface area contributed by atoms with Crippen LogP contribution in [0.25, 0.3) is 11.2 Å². The maximum atomic E-state index is 12.8. The van der Waals surface area contributed by atoms with E-state index in [1.807, 2.05) is 27.3 Å². The fraction of sp³-hybridized carbons (Fsp3) is 0.296. The van der Waals surface area contributed by atoms with Crippen LogP contribution in [-0.4, -0.2) is 45.4 Å². The average molecular weight is 517 g/mol. The molecule has 5 aromatic heterocycles. The highest BCUT2D eigenvalue weighted by Crippen LogP contribution is 2.40. The Morgan fingerprint density at radius 1 is 1.08 bits per heavy atom. The lowest BCUT2D eigenvalue weighted by Crippen LogP contribution is -2.02. The number of fused-ring (bicyclic) bond motifs is 2. The molecule has 0 amide bonds. The Morgan fingerprint density at radius 3 is 2.76 bits per heavy atom. The molecule has 0 aliphatic heterocycles. The van der Waals surface area contributed by atoms with Gasteiger partial charge in [0.2, 0.25) is 0 Å². The Balaban J connectivity index is 1.16. The lowest BCUT2D eigenvalue weighted by molar-refractivity contribution is -0.136. The normalized spacial score (nSPS) is 13.5. The number of ketones is 1. The molecule has 5 heterocycles. The summed E-state index contributed by atoms with van der Waals surface area (Å²) in [4.78, 5) is 33.2. The van der Waals surface area contributed by atoms with Crippen LogP contribution in [0.4, 0.5) is 0 Å². The average Bonchev–Trinajstić information content (AvgIpc) is 3.28. The maximum Gasteiger partial charge on any atom is 0.303 e. The first kappa shape index (κ1) is 23.4. The number of carbonyl (C=O) groups excluding carboxylic acids is 1. The van der Waals surface area contributed by atoms with Crippen molar-refractivity contribution in [1.82, 2.24) is 28.5 Å². The molecule has 1 aliphatic carbocycles. The van der Waals surface area contributed by atoms with Crippen LogP contribution in [0.1, 0.15) is 64.5 Å². The first-order valence-electron chi connectivity index (χ1n) is 12.3. The third-order valence-electron chi connectivity index (χ3n) is 6.80. The SMILES string of the molecule is O=C(O)CCc1cc(C2CC2)cn2cc(Cn3cc(C(=O)CCc4ncn5ccc(Cl)cc45)cn3)nc12. The summed E-state index contributed by atoms with van der Waals surface area (Å²) in [5, 5.41) is 14.2. The van der Waals surface area contributed by atoms with E-state index < -0.39 is 5.97 Å². The number of aromatic nitrogens is 6. The van der Waals surface area contributed by atoms with E-state index in [0.717, 1.165) is 28.1 Å². The number of carboxylic acid groups (broad SMARTS) is 1. The number of aliphatic carboxylic acids is 1. The molecule has 0 radical (unpaired) electrons. The fourth-order valence-electron chi connectivity index (χ4n) is 4.73. The van der Waals surface area contributed by atoms with Crippen molar-refractivity contribution in [1.29, 1.82) is 0 Å². The molecule has 1 N–H and O–H groups in total. The standard InChI is InChI=1S/C27H25ClN6O3/c28-21-7-8-32-16-29-23(24(32)10-21)4-5-25(35)20-11-30-34(13-20)15-22-14-33-12-19(17-1-2-17)9-18(27(33)31-22)3-6-26(36)37/h7-14,16-17H,1-6,15H2,(H,36,37). The summed E-state index contributed by atoms with van der Waals surface area (Å²) in [7, 11) is 0. The van der Waals surface area contributed by atoms with E-state index in [2.05, 4.69) is 22.3 Å². The van der Waals surface area contributed by atoms with Gasteiger partial charge in [0, 0.05) is 42.7 Å². The topological polar surface area (TPSA) is 107 Å². The van der Waals surface area contributed by atoms with E-state index in [4.69, 9.17) is 21.7 Å². The van der Waals surface area contributed by atoms with Crippen molar-refractivity contribution in [3.05, 3.63) is 88.6 Å². The Hall–Kier alpha value is -3.98. The maximum absolute atomic E-state index is 12.8. The highest BCUT2D eigenvalue weighted by molar-refractivity contribution is 6.30. The molecule has 5 aromatic rings. The number of aryl methyl sites for hydroxylation is 2. The van der Waals surface area contributed by atoms with Crippen molar-refractivity contribution in [2.75, 3.05) is 0 Å². The van der Waals surface area contributed by atoms with E-state index in [0.29, 0.717) is 42.3 Å². The number of pyridine rings is 2. The van der Waals surface area contributed by atoms with Gasteiger partial charge in [-0.2, -0.15) is 5.10 Å². The van der Waals surface area contributed by atoms with E-state index in [-0.39, 0.29) is 12.2 Å². The molecule has 0 atom stereocenters. The van der Waals surface area contributed by atoms with E-state index in [1.165, 1.54) is 18.4 Å². The zero-order valence-corrected chi connectivity index (χ0v) is 20.8. The molecule has 1 fully saturated rings. The number of nitrogens with zero attached hydrogens (tertiary/aromatic N) is 6. The third-order valence-corrected chi connectivity index (χ3v) is 7.04. The van der Waals surface area contributed by atoms with Crippen LogP contribution in [-0.2, 0) is 24.2 Å². The van der Waals surface area contributed by atoms with Gasteiger partial charge >= 0.3 is 5.97 Å². The second-order valence-electron chi connectivity index (χ2n) is 9.61. The van der Waals surface area contributed by atoms with Gasteiger partial charge < -0.3 is 13.9 Å². The highest BCUT2D eigenvalue weighted by atomic mass is 35.5. The molecule has 9 nitrogen and oxygen atoms in total. The summed E-state index contributed by atoms with van der Waals surface area (Å²) < 4.78 is 5.59. The molecule has 1 aliphatic rings. The molecule has 0 spiro atoms. The van der Waals surface area contributed by atoms with Gasteiger partial charge in [-0.15, -0.1) is 0 Å². The first-order valence-corrected chi connectivity index (χ1v) is 12.7. The molecular weight excluding hydrogens is 492 g/mol. The molecule has 1 saturated carbocycles. The van der Waals surface area contributed by atoms with Crippen LogP contribution in [0, 0.1) is 0 Å². The molecule has 0 saturated heterocycles. The molecular formula is C27H25ClN6O3. The molecule has 37 heavy (non-hydrogen) atoms. The van der Waals surface area contributed by atoms with Gasteiger partial charge in [0.15, 0.2) is 5.78 Å². The van der Waals surface area contributed by atoms with Crippen molar-refractivity contribution in [2.45, 2.75) is 51.0 Å². The number of carbonyl (C=O) groups is 2. The van der Waals surface area contributed by atoms with Crippen LogP contribution in [0.15, 0.2) is 55.5 Å².